The highest BCUT2D eigenvalue weighted by Gasteiger charge is 2.15. The number of hydrogen-bond donors (Lipinski definition) is 2. The van der Waals surface area contributed by atoms with E-state index in [1.54, 1.807) is 6.07 Å². The molecule has 1 aromatic rings. The summed E-state index contributed by atoms with van der Waals surface area (Å²) in [4.78, 5) is 0.640. The van der Waals surface area contributed by atoms with Crippen LogP contribution in [0.3, 0.4) is 0 Å². The molecule has 1 heterocycles. The highest BCUT2D eigenvalue weighted by atomic mass is 32.2. The summed E-state index contributed by atoms with van der Waals surface area (Å²) in [6.07, 6.45) is 1.61. The SMILES string of the molecule is CCCOCCCNS(=O)(=O)c1ccc(CO)s1. The van der Waals surface area contributed by atoms with E-state index in [2.05, 4.69) is 4.72 Å². The predicted molar refractivity (Wildman–Crippen MR) is 71.2 cm³/mol. The van der Waals surface area contributed by atoms with Crippen molar-refractivity contribution in [3.8, 4) is 0 Å². The second-order valence-corrected chi connectivity index (χ2v) is 6.90. The average Bonchev–Trinajstić information content (AvgIpc) is 2.83. The lowest BCUT2D eigenvalue weighted by Gasteiger charge is -2.05. The molecule has 1 rings (SSSR count). The predicted octanol–water partition coefficient (Wildman–Crippen LogP) is 1.34. The van der Waals surface area contributed by atoms with Gasteiger partial charge in [-0.15, -0.1) is 11.3 Å². The molecule has 2 N–H and O–H groups in total. The Hall–Kier alpha value is -0.470. The molecule has 0 atom stereocenters. The number of thiophene rings is 1. The molecule has 0 saturated heterocycles. The van der Waals surface area contributed by atoms with Crippen LogP contribution in [0.2, 0.25) is 0 Å². The van der Waals surface area contributed by atoms with Crippen molar-refractivity contribution in [2.75, 3.05) is 19.8 Å². The maximum Gasteiger partial charge on any atom is 0.250 e. The van der Waals surface area contributed by atoms with Crippen molar-refractivity contribution in [2.24, 2.45) is 0 Å². The van der Waals surface area contributed by atoms with Crippen LogP contribution in [0.15, 0.2) is 16.3 Å². The second kappa shape index (κ2) is 7.85. The van der Waals surface area contributed by atoms with Crippen molar-refractivity contribution in [2.45, 2.75) is 30.6 Å². The molecule has 0 radical (unpaired) electrons. The van der Waals surface area contributed by atoms with Gasteiger partial charge in [0.25, 0.3) is 0 Å². The topological polar surface area (TPSA) is 75.6 Å². The molecule has 0 aliphatic heterocycles. The summed E-state index contributed by atoms with van der Waals surface area (Å²) in [6, 6.07) is 3.12. The van der Waals surface area contributed by atoms with Crippen molar-refractivity contribution in [1.29, 1.82) is 0 Å². The lowest BCUT2D eigenvalue weighted by molar-refractivity contribution is 0.133. The van der Waals surface area contributed by atoms with Crippen LogP contribution in [0.25, 0.3) is 0 Å². The Morgan fingerprint density at radius 2 is 2.17 bits per heavy atom. The Balaban J connectivity index is 2.36. The van der Waals surface area contributed by atoms with Crippen molar-refractivity contribution in [3.63, 3.8) is 0 Å². The summed E-state index contributed by atoms with van der Waals surface area (Å²) >= 11 is 1.08. The van der Waals surface area contributed by atoms with Gasteiger partial charge in [0.1, 0.15) is 4.21 Å². The van der Waals surface area contributed by atoms with E-state index in [4.69, 9.17) is 9.84 Å². The summed E-state index contributed by atoms with van der Waals surface area (Å²) in [5.74, 6) is 0. The molecule has 0 saturated carbocycles. The van der Waals surface area contributed by atoms with Crippen molar-refractivity contribution >= 4 is 21.4 Å². The van der Waals surface area contributed by atoms with Gasteiger partial charge in [0.2, 0.25) is 10.0 Å². The third-order valence-electron chi connectivity index (χ3n) is 2.16. The molecule has 1 aromatic heterocycles. The van der Waals surface area contributed by atoms with Crippen LogP contribution in [-0.2, 0) is 21.4 Å². The largest absolute Gasteiger partial charge is 0.391 e. The number of sulfonamides is 1. The van der Waals surface area contributed by atoms with Gasteiger partial charge in [-0.05, 0) is 25.0 Å². The maximum atomic E-state index is 11.8. The third kappa shape index (κ3) is 5.03. The Bertz CT molecular complexity index is 442. The normalized spacial score (nSPS) is 11.9. The molecule has 0 unspecified atom stereocenters. The molecule has 0 fully saturated rings. The van der Waals surface area contributed by atoms with Crippen LogP contribution in [0.4, 0.5) is 0 Å². The smallest absolute Gasteiger partial charge is 0.250 e. The molecular formula is C11H19NO4S2. The molecule has 0 bridgehead atoms. The third-order valence-corrected chi connectivity index (χ3v) is 5.19. The number of rotatable bonds is 9. The Morgan fingerprint density at radius 3 is 2.78 bits per heavy atom. The summed E-state index contributed by atoms with van der Waals surface area (Å²) in [5, 5.41) is 8.89. The number of aliphatic hydroxyl groups excluding tert-OH is 1. The minimum Gasteiger partial charge on any atom is -0.391 e. The minimum atomic E-state index is -3.44. The van der Waals surface area contributed by atoms with Gasteiger partial charge in [-0.2, -0.15) is 0 Å². The first-order valence-corrected chi connectivity index (χ1v) is 8.17. The maximum absolute atomic E-state index is 11.8. The van der Waals surface area contributed by atoms with E-state index in [1.165, 1.54) is 6.07 Å². The first-order chi connectivity index (χ1) is 8.60. The highest BCUT2D eigenvalue weighted by Crippen LogP contribution is 2.21. The fourth-order valence-corrected chi connectivity index (χ4v) is 3.62. The van der Waals surface area contributed by atoms with E-state index < -0.39 is 10.0 Å². The van der Waals surface area contributed by atoms with E-state index in [9.17, 15) is 8.42 Å². The van der Waals surface area contributed by atoms with Crippen LogP contribution in [0.1, 0.15) is 24.6 Å². The van der Waals surface area contributed by atoms with Crippen molar-refractivity contribution in [1.82, 2.24) is 4.72 Å². The fraction of sp³-hybridized carbons (Fsp3) is 0.636. The lowest BCUT2D eigenvalue weighted by atomic mass is 10.4. The van der Waals surface area contributed by atoms with Gasteiger partial charge in [0.05, 0.1) is 6.61 Å². The van der Waals surface area contributed by atoms with Crippen LogP contribution >= 0.6 is 11.3 Å². The zero-order chi connectivity index (χ0) is 13.4. The van der Waals surface area contributed by atoms with E-state index in [1.807, 2.05) is 6.92 Å². The molecule has 0 spiro atoms. The quantitative estimate of drug-likeness (QED) is 0.674. The van der Waals surface area contributed by atoms with Gasteiger partial charge in [-0.1, -0.05) is 6.92 Å². The minimum absolute atomic E-state index is 0.134. The number of aliphatic hydroxyl groups is 1. The molecule has 0 amide bonds. The summed E-state index contributed by atoms with van der Waals surface area (Å²) in [7, 11) is -3.44. The molecule has 18 heavy (non-hydrogen) atoms. The van der Waals surface area contributed by atoms with Gasteiger partial charge in [0.15, 0.2) is 0 Å². The Morgan fingerprint density at radius 1 is 1.39 bits per heavy atom. The molecule has 7 heteroatoms. The van der Waals surface area contributed by atoms with E-state index in [-0.39, 0.29) is 10.8 Å². The number of hydrogen-bond acceptors (Lipinski definition) is 5. The first-order valence-electron chi connectivity index (χ1n) is 5.87. The van der Waals surface area contributed by atoms with Crippen LogP contribution in [0, 0.1) is 0 Å². The molecule has 0 aromatic carbocycles. The Labute approximate surface area is 112 Å². The van der Waals surface area contributed by atoms with E-state index >= 15 is 0 Å². The monoisotopic (exact) mass is 293 g/mol. The van der Waals surface area contributed by atoms with Crippen LogP contribution in [0.5, 0.6) is 0 Å². The number of ether oxygens (including phenoxy) is 1. The lowest BCUT2D eigenvalue weighted by Crippen LogP contribution is -2.24. The summed E-state index contributed by atoms with van der Waals surface area (Å²) in [6.45, 7) is 3.52. The molecular weight excluding hydrogens is 274 g/mol. The zero-order valence-electron chi connectivity index (χ0n) is 10.4. The van der Waals surface area contributed by atoms with Crippen molar-refractivity contribution < 1.29 is 18.3 Å². The average molecular weight is 293 g/mol. The fourth-order valence-electron chi connectivity index (χ4n) is 1.29. The Kier molecular flexibility index (Phi) is 6.80. The van der Waals surface area contributed by atoms with Gasteiger partial charge in [-0.25, -0.2) is 13.1 Å². The standard InChI is InChI=1S/C11H19NO4S2/c1-2-7-16-8-3-6-12-18(14,15)11-5-4-10(9-13)17-11/h4-5,12-13H,2-3,6-9H2,1H3. The summed E-state index contributed by atoms with van der Waals surface area (Å²) in [5.41, 5.74) is 0. The van der Waals surface area contributed by atoms with Gasteiger partial charge in [-0.3, -0.25) is 0 Å². The second-order valence-electron chi connectivity index (χ2n) is 3.74. The van der Waals surface area contributed by atoms with Gasteiger partial charge >= 0.3 is 0 Å². The van der Waals surface area contributed by atoms with E-state index in [0.717, 1.165) is 17.8 Å². The summed E-state index contributed by atoms with van der Waals surface area (Å²) < 4.78 is 31.7. The molecule has 104 valence electrons. The molecule has 5 nitrogen and oxygen atoms in total. The van der Waals surface area contributed by atoms with Gasteiger partial charge in [0, 0.05) is 24.6 Å². The van der Waals surface area contributed by atoms with Crippen LogP contribution in [-0.4, -0.2) is 33.3 Å². The molecule has 0 aliphatic carbocycles. The van der Waals surface area contributed by atoms with E-state index in [0.29, 0.717) is 31.1 Å². The highest BCUT2D eigenvalue weighted by molar-refractivity contribution is 7.91. The van der Waals surface area contributed by atoms with Crippen molar-refractivity contribution in [3.05, 3.63) is 17.0 Å². The number of nitrogens with one attached hydrogen (secondary N) is 1. The first kappa shape index (κ1) is 15.6. The molecule has 0 aliphatic rings. The van der Waals surface area contributed by atoms with Crippen LogP contribution < -0.4 is 4.72 Å². The zero-order valence-corrected chi connectivity index (χ0v) is 12.0. The van der Waals surface area contributed by atoms with Gasteiger partial charge < -0.3 is 9.84 Å².